The highest BCUT2D eigenvalue weighted by atomic mass is 16.5. The number of hydrogen-bond acceptors (Lipinski definition) is 6. The van der Waals surface area contributed by atoms with Crippen LogP contribution in [0.5, 0.6) is 5.75 Å². The first-order valence-corrected chi connectivity index (χ1v) is 8.28. The van der Waals surface area contributed by atoms with Crippen LogP contribution in [0.3, 0.4) is 0 Å². The van der Waals surface area contributed by atoms with Crippen molar-refractivity contribution in [3.05, 3.63) is 66.1 Å². The molecule has 4 rings (SSSR count). The Kier molecular flexibility index (Phi) is 4.27. The summed E-state index contributed by atoms with van der Waals surface area (Å²) in [4.78, 5) is 31.8. The third kappa shape index (κ3) is 2.88. The Bertz CT molecular complexity index is 946. The Morgan fingerprint density at radius 3 is 2.85 bits per heavy atom. The number of hydrogen-bond donors (Lipinski definition) is 0. The van der Waals surface area contributed by atoms with Gasteiger partial charge in [-0.15, -0.1) is 0 Å². The molecule has 3 aromatic rings. The number of carbonyl (C=O) groups excluding carboxylic acids is 1. The van der Waals surface area contributed by atoms with E-state index in [1.807, 2.05) is 12.1 Å². The summed E-state index contributed by atoms with van der Waals surface area (Å²) in [6.07, 6.45) is 8.90. The van der Waals surface area contributed by atoms with E-state index in [1.165, 1.54) is 7.11 Å². The average molecular weight is 347 g/mol. The van der Waals surface area contributed by atoms with Crippen LogP contribution in [0.4, 0.5) is 0 Å². The summed E-state index contributed by atoms with van der Waals surface area (Å²) in [6.45, 7) is 1.05. The van der Waals surface area contributed by atoms with Crippen molar-refractivity contribution in [2.45, 2.75) is 13.0 Å². The molecule has 0 bridgehead atoms. The van der Waals surface area contributed by atoms with E-state index in [4.69, 9.17) is 4.74 Å². The number of nitrogens with zero attached hydrogens (tertiary/aromatic N) is 5. The van der Waals surface area contributed by atoms with Gasteiger partial charge in [-0.2, -0.15) is 0 Å². The molecule has 0 fully saturated rings. The highest BCUT2D eigenvalue weighted by molar-refractivity contribution is 5.97. The van der Waals surface area contributed by atoms with E-state index in [0.29, 0.717) is 30.8 Å². The van der Waals surface area contributed by atoms with Crippen LogP contribution in [-0.4, -0.2) is 44.4 Å². The largest absolute Gasteiger partial charge is 0.494 e. The number of aromatic nitrogens is 4. The van der Waals surface area contributed by atoms with Crippen LogP contribution in [0.15, 0.2) is 49.3 Å². The Balaban J connectivity index is 1.69. The molecule has 7 nitrogen and oxygen atoms in total. The normalized spacial score (nSPS) is 13.2. The lowest BCUT2D eigenvalue weighted by atomic mass is 9.99. The van der Waals surface area contributed by atoms with E-state index in [2.05, 4.69) is 19.9 Å². The van der Waals surface area contributed by atoms with E-state index in [1.54, 1.807) is 42.1 Å². The summed E-state index contributed by atoms with van der Waals surface area (Å²) >= 11 is 0. The van der Waals surface area contributed by atoms with Crippen molar-refractivity contribution in [1.82, 2.24) is 24.8 Å². The van der Waals surface area contributed by atoms with Crippen LogP contribution in [0.25, 0.3) is 11.3 Å². The molecule has 0 spiro atoms. The maximum absolute atomic E-state index is 13.0. The smallest absolute Gasteiger partial charge is 0.258 e. The van der Waals surface area contributed by atoms with Gasteiger partial charge in [0.25, 0.3) is 5.91 Å². The molecule has 1 aliphatic heterocycles. The molecule has 0 saturated heterocycles. The summed E-state index contributed by atoms with van der Waals surface area (Å²) in [5.41, 5.74) is 4.19. The lowest BCUT2D eigenvalue weighted by Crippen LogP contribution is -2.37. The number of ether oxygens (including phenoxy) is 1. The Labute approximate surface area is 150 Å². The Morgan fingerprint density at radius 2 is 2.04 bits per heavy atom. The first kappa shape index (κ1) is 16.1. The molecule has 0 saturated carbocycles. The van der Waals surface area contributed by atoms with Gasteiger partial charge < -0.3 is 9.64 Å². The van der Waals surface area contributed by atoms with Gasteiger partial charge in [0.1, 0.15) is 12.1 Å². The second kappa shape index (κ2) is 6.87. The molecule has 0 atom stereocenters. The molecule has 0 aromatic carbocycles. The maximum Gasteiger partial charge on any atom is 0.258 e. The summed E-state index contributed by atoms with van der Waals surface area (Å²) in [5.74, 6) is 0.385. The van der Waals surface area contributed by atoms with Crippen LogP contribution in [0.1, 0.15) is 21.6 Å². The van der Waals surface area contributed by atoms with Crippen molar-refractivity contribution in [2.24, 2.45) is 0 Å². The van der Waals surface area contributed by atoms with Gasteiger partial charge in [-0.3, -0.25) is 14.8 Å². The van der Waals surface area contributed by atoms with Crippen molar-refractivity contribution in [2.75, 3.05) is 13.7 Å². The minimum atomic E-state index is -0.0871. The van der Waals surface area contributed by atoms with Crippen LogP contribution >= 0.6 is 0 Å². The van der Waals surface area contributed by atoms with Gasteiger partial charge in [0.15, 0.2) is 0 Å². The number of pyridine rings is 2. The summed E-state index contributed by atoms with van der Waals surface area (Å²) in [6, 6.07) is 5.51. The Hall–Kier alpha value is -3.35. The van der Waals surface area contributed by atoms with Gasteiger partial charge in [-0.1, -0.05) is 0 Å². The van der Waals surface area contributed by atoms with Gasteiger partial charge in [0.2, 0.25) is 0 Å². The molecule has 7 heteroatoms. The third-order valence-corrected chi connectivity index (χ3v) is 4.46. The van der Waals surface area contributed by atoms with Crippen molar-refractivity contribution in [3.8, 4) is 17.0 Å². The Morgan fingerprint density at radius 1 is 1.15 bits per heavy atom. The first-order valence-electron chi connectivity index (χ1n) is 8.28. The number of fused-ring (bicyclic) bond motifs is 1. The fraction of sp³-hybridized carbons (Fsp3) is 0.211. The zero-order valence-corrected chi connectivity index (χ0v) is 14.3. The number of amides is 1. The van der Waals surface area contributed by atoms with Crippen LogP contribution in [0, 0.1) is 0 Å². The molecule has 1 amide bonds. The standard InChI is InChI=1S/C19H17N5O2/c1-26-17-10-21-7-4-14(17)19(25)24-8-5-16-15(11-24)18(23-12-22-16)13-3-2-6-20-9-13/h2-4,6-7,9-10,12H,5,8,11H2,1H3. The van der Waals surface area contributed by atoms with E-state index in [9.17, 15) is 4.79 Å². The summed E-state index contributed by atoms with van der Waals surface area (Å²) in [7, 11) is 1.54. The van der Waals surface area contributed by atoms with Crippen molar-refractivity contribution in [3.63, 3.8) is 0 Å². The third-order valence-electron chi connectivity index (χ3n) is 4.46. The van der Waals surface area contributed by atoms with E-state index < -0.39 is 0 Å². The second-order valence-corrected chi connectivity index (χ2v) is 5.94. The second-order valence-electron chi connectivity index (χ2n) is 5.94. The molecule has 0 unspecified atom stereocenters. The van der Waals surface area contributed by atoms with Gasteiger partial charge in [-0.25, -0.2) is 9.97 Å². The quantitative estimate of drug-likeness (QED) is 0.722. The van der Waals surface area contributed by atoms with Crippen molar-refractivity contribution >= 4 is 5.91 Å². The topological polar surface area (TPSA) is 81.1 Å². The zero-order valence-electron chi connectivity index (χ0n) is 14.3. The predicted octanol–water partition coefficient (Wildman–Crippen LogP) is 2.14. The van der Waals surface area contributed by atoms with Gasteiger partial charge >= 0.3 is 0 Å². The SMILES string of the molecule is COc1cnccc1C(=O)N1CCc2ncnc(-c3cccnc3)c2C1. The molecule has 26 heavy (non-hydrogen) atoms. The van der Waals surface area contributed by atoms with Gasteiger partial charge in [-0.05, 0) is 18.2 Å². The van der Waals surface area contributed by atoms with Crippen molar-refractivity contribution in [1.29, 1.82) is 0 Å². The van der Waals surface area contributed by atoms with E-state index in [-0.39, 0.29) is 5.91 Å². The van der Waals surface area contributed by atoms with Crippen LogP contribution in [-0.2, 0) is 13.0 Å². The van der Waals surface area contributed by atoms with E-state index in [0.717, 1.165) is 22.5 Å². The molecule has 0 radical (unpaired) electrons. The highest BCUT2D eigenvalue weighted by Gasteiger charge is 2.27. The van der Waals surface area contributed by atoms with Crippen molar-refractivity contribution < 1.29 is 9.53 Å². The summed E-state index contributed by atoms with van der Waals surface area (Å²) in [5, 5.41) is 0. The minimum Gasteiger partial charge on any atom is -0.494 e. The van der Waals surface area contributed by atoms with Crippen LogP contribution in [0.2, 0.25) is 0 Å². The molecule has 130 valence electrons. The molecule has 1 aliphatic rings. The molecule has 0 N–H and O–H groups in total. The number of methoxy groups -OCH3 is 1. The molecular weight excluding hydrogens is 330 g/mol. The minimum absolute atomic E-state index is 0.0871. The van der Waals surface area contributed by atoms with Gasteiger partial charge in [0.05, 0.1) is 30.3 Å². The average Bonchev–Trinajstić information content (AvgIpc) is 2.73. The molecule has 0 aliphatic carbocycles. The fourth-order valence-electron chi connectivity index (χ4n) is 3.16. The molecule has 4 heterocycles. The highest BCUT2D eigenvalue weighted by Crippen LogP contribution is 2.28. The number of rotatable bonds is 3. The van der Waals surface area contributed by atoms with E-state index >= 15 is 0 Å². The number of carbonyl (C=O) groups is 1. The van der Waals surface area contributed by atoms with Gasteiger partial charge in [0, 0.05) is 49.2 Å². The zero-order chi connectivity index (χ0) is 17.9. The first-order chi connectivity index (χ1) is 12.8. The monoisotopic (exact) mass is 347 g/mol. The lowest BCUT2D eigenvalue weighted by molar-refractivity contribution is 0.0730. The predicted molar refractivity (Wildman–Crippen MR) is 94.5 cm³/mol. The fourth-order valence-corrected chi connectivity index (χ4v) is 3.16. The van der Waals surface area contributed by atoms with Crippen LogP contribution < -0.4 is 4.74 Å². The lowest BCUT2D eigenvalue weighted by Gasteiger charge is -2.29. The molecular formula is C19H17N5O2. The molecule has 3 aromatic heterocycles. The summed E-state index contributed by atoms with van der Waals surface area (Å²) < 4.78 is 5.28. The maximum atomic E-state index is 13.0.